The molecule has 2 nitrogen and oxygen atoms in total. The molecule has 2 N–H and O–H groups in total. The summed E-state index contributed by atoms with van der Waals surface area (Å²) in [5.41, 5.74) is 5.75. The van der Waals surface area contributed by atoms with Crippen molar-refractivity contribution in [3.8, 4) is 5.75 Å². The zero-order chi connectivity index (χ0) is 9.14. The minimum Gasteiger partial charge on any atom is -0.494 e. The topological polar surface area (TPSA) is 35.2 Å². The highest BCUT2D eigenvalue weighted by molar-refractivity contribution is 5.31. The van der Waals surface area contributed by atoms with E-state index in [1.54, 1.807) is 0 Å². The van der Waals surface area contributed by atoms with Gasteiger partial charge in [0.25, 0.3) is 0 Å². The van der Waals surface area contributed by atoms with E-state index in [4.69, 9.17) is 5.73 Å². The predicted molar refractivity (Wildman–Crippen MR) is 40.8 cm³/mol. The molecule has 12 heavy (non-hydrogen) atoms. The summed E-state index contributed by atoms with van der Waals surface area (Å²) >= 11 is 0. The number of benzene rings is 1. The zero-order valence-electron chi connectivity index (χ0n) is 6.60. The Balaban J connectivity index is 3.19. The smallest absolute Gasteiger partial charge is 0.200 e. The number of nitrogens with two attached hydrogens (primary N) is 1. The van der Waals surface area contributed by atoms with Gasteiger partial charge in [0, 0.05) is 6.54 Å². The maximum Gasteiger partial charge on any atom is 0.200 e. The van der Waals surface area contributed by atoms with Gasteiger partial charge in [0.05, 0.1) is 7.11 Å². The van der Waals surface area contributed by atoms with E-state index in [0.717, 1.165) is 6.07 Å². The minimum atomic E-state index is -0.977. The van der Waals surface area contributed by atoms with Crippen molar-refractivity contribution in [2.45, 2.75) is 6.54 Å². The van der Waals surface area contributed by atoms with Crippen LogP contribution in [0.5, 0.6) is 5.75 Å². The van der Waals surface area contributed by atoms with Crippen LogP contribution in [0.1, 0.15) is 5.56 Å². The van der Waals surface area contributed by atoms with E-state index in [9.17, 15) is 8.78 Å². The maximum atomic E-state index is 12.8. The molecule has 66 valence electrons. The van der Waals surface area contributed by atoms with Crippen LogP contribution in [0.4, 0.5) is 8.78 Å². The molecule has 0 atom stereocenters. The highest BCUT2D eigenvalue weighted by Gasteiger charge is 2.09. The lowest BCUT2D eigenvalue weighted by Crippen LogP contribution is -2.00. The van der Waals surface area contributed by atoms with Crippen molar-refractivity contribution >= 4 is 0 Å². The largest absolute Gasteiger partial charge is 0.494 e. The van der Waals surface area contributed by atoms with E-state index in [1.807, 2.05) is 0 Å². The molecule has 0 radical (unpaired) electrons. The number of hydrogen-bond donors (Lipinski definition) is 1. The lowest BCUT2D eigenvalue weighted by atomic mass is 10.2. The quantitative estimate of drug-likeness (QED) is 0.734. The van der Waals surface area contributed by atoms with Gasteiger partial charge >= 0.3 is 0 Å². The molecule has 4 heteroatoms. The monoisotopic (exact) mass is 173 g/mol. The standard InChI is InChI=1S/C8H9F2NO/c1-12-7-3-5(4-11)2-6(9)8(7)10/h2-3H,4,11H2,1H3. The Bertz CT molecular complexity index is 289. The third-order valence-corrected chi connectivity index (χ3v) is 1.51. The summed E-state index contributed by atoms with van der Waals surface area (Å²) in [5, 5.41) is 0. The van der Waals surface area contributed by atoms with Gasteiger partial charge < -0.3 is 10.5 Å². The minimum absolute atomic E-state index is 0.115. The second-order valence-corrected chi connectivity index (χ2v) is 2.30. The lowest BCUT2D eigenvalue weighted by Gasteiger charge is -2.04. The summed E-state index contributed by atoms with van der Waals surface area (Å²) in [6.45, 7) is 0.160. The van der Waals surface area contributed by atoms with Gasteiger partial charge in [-0.3, -0.25) is 0 Å². The van der Waals surface area contributed by atoms with Crippen LogP contribution in [0.15, 0.2) is 12.1 Å². The number of ether oxygens (including phenoxy) is 1. The van der Waals surface area contributed by atoms with Crippen LogP contribution in [0.2, 0.25) is 0 Å². The fourth-order valence-corrected chi connectivity index (χ4v) is 0.884. The first kappa shape index (κ1) is 8.93. The normalized spacial score (nSPS) is 10.0. The molecular formula is C8H9F2NO. The maximum absolute atomic E-state index is 12.8. The van der Waals surface area contributed by atoms with Crippen molar-refractivity contribution in [2.24, 2.45) is 5.73 Å². The van der Waals surface area contributed by atoms with Gasteiger partial charge in [-0.25, -0.2) is 4.39 Å². The number of halogens is 2. The molecule has 0 fully saturated rings. The SMILES string of the molecule is COc1cc(CN)cc(F)c1F. The van der Waals surface area contributed by atoms with Crippen LogP contribution < -0.4 is 10.5 Å². The van der Waals surface area contributed by atoms with Gasteiger partial charge in [-0.2, -0.15) is 4.39 Å². The summed E-state index contributed by atoms with van der Waals surface area (Å²) in [4.78, 5) is 0. The van der Waals surface area contributed by atoms with Crippen molar-refractivity contribution in [1.82, 2.24) is 0 Å². The molecule has 0 spiro atoms. The number of hydrogen-bond acceptors (Lipinski definition) is 2. The summed E-state index contributed by atoms with van der Waals surface area (Å²) in [6, 6.07) is 2.43. The van der Waals surface area contributed by atoms with E-state index in [2.05, 4.69) is 4.74 Å². The first-order chi connectivity index (χ1) is 5.69. The molecule has 0 heterocycles. The van der Waals surface area contributed by atoms with Crippen molar-refractivity contribution in [3.63, 3.8) is 0 Å². The van der Waals surface area contributed by atoms with E-state index in [-0.39, 0.29) is 12.3 Å². The number of rotatable bonds is 2. The molecule has 0 unspecified atom stereocenters. The molecule has 0 aliphatic heterocycles. The van der Waals surface area contributed by atoms with Crippen LogP contribution in [0, 0.1) is 11.6 Å². The molecule has 0 aliphatic rings. The molecule has 0 bridgehead atoms. The fraction of sp³-hybridized carbons (Fsp3) is 0.250. The molecule has 1 aromatic carbocycles. The predicted octanol–water partition coefficient (Wildman–Crippen LogP) is 1.43. The Morgan fingerprint density at radius 1 is 1.42 bits per heavy atom. The second-order valence-electron chi connectivity index (χ2n) is 2.30. The van der Waals surface area contributed by atoms with Crippen LogP contribution in [0.25, 0.3) is 0 Å². The number of methoxy groups -OCH3 is 1. The van der Waals surface area contributed by atoms with Crippen molar-refractivity contribution in [3.05, 3.63) is 29.3 Å². The van der Waals surface area contributed by atoms with Crippen molar-refractivity contribution in [2.75, 3.05) is 7.11 Å². The first-order valence-electron chi connectivity index (χ1n) is 3.41. The molecule has 0 aromatic heterocycles. The second kappa shape index (κ2) is 3.49. The molecule has 0 saturated carbocycles. The molecule has 1 aromatic rings. The fourth-order valence-electron chi connectivity index (χ4n) is 0.884. The first-order valence-corrected chi connectivity index (χ1v) is 3.41. The van der Waals surface area contributed by atoms with E-state index in [0.29, 0.717) is 5.56 Å². The molecule has 0 aliphatic carbocycles. The lowest BCUT2D eigenvalue weighted by molar-refractivity contribution is 0.371. The van der Waals surface area contributed by atoms with Crippen molar-refractivity contribution < 1.29 is 13.5 Å². The van der Waals surface area contributed by atoms with Crippen LogP contribution in [-0.2, 0) is 6.54 Å². The summed E-state index contributed by atoms with van der Waals surface area (Å²) in [5.74, 6) is -2.03. The van der Waals surface area contributed by atoms with E-state index < -0.39 is 11.6 Å². The Kier molecular flexibility index (Phi) is 2.60. The average molecular weight is 173 g/mol. The third kappa shape index (κ3) is 1.53. The van der Waals surface area contributed by atoms with Gasteiger partial charge in [-0.05, 0) is 17.7 Å². The van der Waals surface area contributed by atoms with Gasteiger partial charge in [0.2, 0.25) is 5.82 Å². The van der Waals surface area contributed by atoms with Gasteiger partial charge in [0.1, 0.15) is 0 Å². The summed E-state index contributed by atoms with van der Waals surface area (Å²) in [6.07, 6.45) is 0. The Morgan fingerprint density at radius 3 is 2.58 bits per heavy atom. The molecular weight excluding hydrogens is 164 g/mol. The average Bonchev–Trinajstić information content (AvgIpc) is 2.09. The summed E-state index contributed by atoms with van der Waals surface area (Å²) in [7, 11) is 1.28. The van der Waals surface area contributed by atoms with Gasteiger partial charge in [-0.1, -0.05) is 0 Å². The van der Waals surface area contributed by atoms with E-state index >= 15 is 0 Å². The highest BCUT2D eigenvalue weighted by atomic mass is 19.2. The Morgan fingerprint density at radius 2 is 2.08 bits per heavy atom. The Labute approximate surface area is 68.9 Å². The van der Waals surface area contributed by atoms with Crippen LogP contribution in [-0.4, -0.2) is 7.11 Å². The van der Waals surface area contributed by atoms with Crippen LogP contribution in [0.3, 0.4) is 0 Å². The molecule has 0 saturated heterocycles. The third-order valence-electron chi connectivity index (χ3n) is 1.51. The van der Waals surface area contributed by atoms with Gasteiger partial charge in [-0.15, -0.1) is 0 Å². The molecule has 0 amide bonds. The highest BCUT2D eigenvalue weighted by Crippen LogP contribution is 2.21. The van der Waals surface area contributed by atoms with E-state index in [1.165, 1.54) is 13.2 Å². The summed E-state index contributed by atoms with van der Waals surface area (Å²) < 4.78 is 30.1. The zero-order valence-corrected chi connectivity index (χ0v) is 6.60. The van der Waals surface area contributed by atoms with Crippen molar-refractivity contribution in [1.29, 1.82) is 0 Å². The Hall–Kier alpha value is -1.16. The molecule has 1 rings (SSSR count). The van der Waals surface area contributed by atoms with Gasteiger partial charge in [0.15, 0.2) is 11.6 Å². The van der Waals surface area contributed by atoms with Crippen LogP contribution >= 0.6 is 0 Å².